The Balaban J connectivity index is 1.51. The SMILES string of the molecule is c1ccc(CN2CCCN(Cc3ncc[nH]3)CC2)nc1. The molecule has 0 radical (unpaired) electrons. The van der Waals surface area contributed by atoms with Crippen molar-refractivity contribution in [3.63, 3.8) is 0 Å². The quantitative estimate of drug-likeness (QED) is 0.916. The highest BCUT2D eigenvalue weighted by molar-refractivity contribution is 5.03. The van der Waals surface area contributed by atoms with E-state index in [9.17, 15) is 0 Å². The largest absolute Gasteiger partial charge is 0.348 e. The molecule has 5 heteroatoms. The summed E-state index contributed by atoms with van der Waals surface area (Å²) >= 11 is 0. The first-order valence-corrected chi connectivity index (χ1v) is 7.23. The van der Waals surface area contributed by atoms with E-state index in [1.807, 2.05) is 24.7 Å². The molecule has 1 fully saturated rings. The van der Waals surface area contributed by atoms with Gasteiger partial charge in [0.2, 0.25) is 0 Å². The predicted molar refractivity (Wildman–Crippen MR) is 78.0 cm³/mol. The zero-order chi connectivity index (χ0) is 13.6. The highest BCUT2D eigenvalue weighted by Crippen LogP contribution is 2.09. The topological polar surface area (TPSA) is 48.0 Å². The fourth-order valence-corrected chi connectivity index (χ4v) is 2.66. The van der Waals surface area contributed by atoms with Gasteiger partial charge in [0.15, 0.2) is 0 Å². The van der Waals surface area contributed by atoms with E-state index < -0.39 is 0 Å². The predicted octanol–water partition coefficient (Wildman–Crippen LogP) is 1.51. The van der Waals surface area contributed by atoms with Gasteiger partial charge < -0.3 is 4.98 Å². The molecule has 0 spiro atoms. The number of aromatic nitrogens is 3. The Kier molecular flexibility index (Phi) is 4.40. The number of hydrogen-bond acceptors (Lipinski definition) is 4. The first kappa shape index (κ1) is 13.3. The Morgan fingerprint density at radius 2 is 1.80 bits per heavy atom. The monoisotopic (exact) mass is 271 g/mol. The van der Waals surface area contributed by atoms with E-state index in [-0.39, 0.29) is 0 Å². The van der Waals surface area contributed by atoms with Crippen LogP contribution in [0.25, 0.3) is 0 Å². The second kappa shape index (κ2) is 6.63. The van der Waals surface area contributed by atoms with Crippen LogP contribution in [0.5, 0.6) is 0 Å². The van der Waals surface area contributed by atoms with Crippen LogP contribution in [0.15, 0.2) is 36.8 Å². The molecule has 0 unspecified atom stereocenters. The molecular weight excluding hydrogens is 250 g/mol. The summed E-state index contributed by atoms with van der Waals surface area (Å²) in [6.45, 7) is 6.34. The number of pyridine rings is 1. The Labute approximate surface area is 119 Å². The van der Waals surface area contributed by atoms with Gasteiger partial charge in [0.05, 0.1) is 12.2 Å². The maximum atomic E-state index is 4.41. The van der Waals surface area contributed by atoms with E-state index in [1.54, 1.807) is 0 Å². The maximum absolute atomic E-state index is 4.41. The Morgan fingerprint density at radius 3 is 2.50 bits per heavy atom. The van der Waals surface area contributed by atoms with Crippen molar-refractivity contribution in [1.29, 1.82) is 0 Å². The lowest BCUT2D eigenvalue weighted by Crippen LogP contribution is -2.30. The molecule has 0 amide bonds. The Morgan fingerprint density at radius 1 is 0.950 bits per heavy atom. The van der Waals surface area contributed by atoms with Crippen LogP contribution in [0.2, 0.25) is 0 Å². The molecule has 3 heterocycles. The summed E-state index contributed by atoms with van der Waals surface area (Å²) in [6, 6.07) is 6.13. The molecule has 2 aromatic heterocycles. The Hall–Kier alpha value is -1.72. The molecule has 20 heavy (non-hydrogen) atoms. The van der Waals surface area contributed by atoms with Crippen molar-refractivity contribution in [2.45, 2.75) is 19.5 Å². The summed E-state index contributed by atoms with van der Waals surface area (Å²) < 4.78 is 0. The lowest BCUT2D eigenvalue weighted by molar-refractivity contribution is 0.242. The molecule has 1 aliphatic rings. The number of aromatic amines is 1. The smallest absolute Gasteiger partial charge is 0.120 e. The summed E-state index contributed by atoms with van der Waals surface area (Å²) in [5, 5.41) is 0. The third kappa shape index (κ3) is 3.65. The lowest BCUT2D eigenvalue weighted by Gasteiger charge is -2.20. The van der Waals surface area contributed by atoms with Crippen LogP contribution in [0.3, 0.4) is 0 Å². The molecule has 0 aromatic carbocycles. The van der Waals surface area contributed by atoms with Crippen LogP contribution in [-0.2, 0) is 13.1 Å². The summed E-state index contributed by atoms with van der Waals surface area (Å²) in [4.78, 5) is 16.9. The molecule has 0 atom stereocenters. The van der Waals surface area contributed by atoms with E-state index in [0.717, 1.165) is 50.8 Å². The third-order valence-corrected chi connectivity index (χ3v) is 3.72. The average Bonchev–Trinajstić information content (AvgIpc) is 2.88. The number of imidazole rings is 1. The highest BCUT2D eigenvalue weighted by Gasteiger charge is 2.15. The zero-order valence-corrected chi connectivity index (χ0v) is 11.7. The van der Waals surface area contributed by atoms with E-state index >= 15 is 0 Å². The van der Waals surface area contributed by atoms with Gasteiger partial charge in [0, 0.05) is 38.2 Å². The number of H-pyrrole nitrogens is 1. The van der Waals surface area contributed by atoms with Crippen LogP contribution in [0.4, 0.5) is 0 Å². The highest BCUT2D eigenvalue weighted by atomic mass is 15.2. The fraction of sp³-hybridized carbons (Fsp3) is 0.467. The van der Waals surface area contributed by atoms with Crippen LogP contribution in [-0.4, -0.2) is 50.9 Å². The molecule has 2 aromatic rings. The minimum absolute atomic E-state index is 0.921. The van der Waals surface area contributed by atoms with Gasteiger partial charge in [-0.1, -0.05) is 6.07 Å². The number of rotatable bonds is 4. The van der Waals surface area contributed by atoms with Gasteiger partial charge in [0.25, 0.3) is 0 Å². The van der Waals surface area contributed by atoms with Crippen molar-refractivity contribution < 1.29 is 0 Å². The molecule has 0 bridgehead atoms. The van der Waals surface area contributed by atoms with E-state index in [2.05, 4.69) is 36.9 Å². The van der Waals surface area contributed by atoms with Crippen LogP contribution >= 0.6 is 0 Å². The van der Waals surface area contributed by atoms with Crippen molar-refractivity contribution >= 4 is 0 Å². The molecule has 0 saturated carbocycles. The van der Waals surface area contributed by atoms with Crippen molar-refractivity contribution in [2.75, 3.05) is 26.2 Å². The summed E-state index contributed by atoms with van der Waals surface area (Å²) in [6.07, 6.45) is 6.78. The first-order valence-electron chi connectivity index (χ1n) is 7.23. The van der Waals surface area contributed by atoms with Crippen LogP contribution < -0.4 is 0 Å². The zero-order valence-electron chi connectivity index (χ0n) is 11.7. The minimum atomic E-state index is 0.921. The minimum Gasteiger partial charge on any atom is -0.348 e. The third-order valence-electron chi connectivity index (χ3n) is 3.72. The first-order chi connectivity index (χ1) is 9.90. The van der Waals surface area contributed by atoms with E-state index in [1.165, 1.54) is 6.42 Å². The molecule has 5 nitrogen and oxygen atoms in total. The van der Waals surface area contributed by atoms with Gasteiger partial charge in [-0.2, -0.15) is 0 Å². The van der Waals surface area contributed by atoms with Crippen LogP contribution in [0, 0.1) is 0 Å². The van der Waals surface area contributed by atoms with Crippen molar-refractivity contribution in [2.24, 2.45) is 0 Å². The molecule has 106 valence electrons. The number of nitrogens with zero attached hydrogens (tertiary/aromatic N) is 4. The molecular formula is C15H21N5. The van der Waals surface area contributed by atoms with Gasteiger partial charge in [-0.15, -0.1) is 0 Å². The van der Waals surface area contributed by atoms with Crippen molar-refractivity contribution in [1.82, 2.24) is 24.8 Å². The standard InChI is InChI=1S/C15H21N5/c1-2-5-16-14(4-1)12-19-8-3-9-20(11-10-19)13-15-17-6-7-18-15/h1-2,4-7H,3,8-13H2,(H,17,18). The fourth-order valence-electron chi connectivity index (χ4n) is 2.66. The molecule has 0 aliphatic carbocycles. The van der Waals surface area contributed by atoms with Gasteiger partial charge in [-0.25, -0.2) is 4.98 Å². The van der Waals surface area contributed by atoms with Gasteiger partial charge >= 0.3 is 0 Å². The van der Waals surface area contributed by atoms with Gasteiger partial charge in [-0.05, 0) is 31.6 Å². The van der Waals surface area contributed by atoms with E-state index in [4.69, 9.17) is 0 Å². The molecule has 1 saturated heterocycles. The summed E-state index contributed by atoms with van der Waals surface area (Å²) in [7, 11) is 0. The van der Waals surface area contributed by atoms with Crippen molar-refractivity contribution in [3.05, 3.63) is 48.3 Å². The molecule has 3 rings (SSSR count). The normalized spacial score (nSPS) is 18.0. The second-order valence-electron chi connectivity index (χ2n) is 5.26. The van der Waals surface area contributed by atoms with Gasteiger partial charge in [-0.3, -0.25) is 14.8 Å². The summed E-state index contributed by atoms with van der Waals surface area (Å²) in [5.74, 6) is 1.06. The molecule has 1 N–H and O–H groups in total. The van der Waals surface area contributed by atoms with Crippen LogP contribution in [0.1, 0.15) is 17.9 Å². The van der Waals surface area contributed by atoms with Crippen molar-refractivity contribution in [3.8, 4) is 0 Å². The number of hydrogen-bond donors (Lipinski definition) is 1. The van der Waals surface area contributed by atoms with E-state index in [0.29, 0.717) is 0 Å². The second-order valence-corrected chi connectivity index (χ2v) is 5.26. The average molecular weight is 271 g/mol. The maximum Gasteiger partial charge on any atom is 0.120 e. The number of nitrogens with one attached hydrogen (secondary N) is 1. The summed E-state index contributed by atoms with van der Waals surface area (Å²) in [5.41, 5.74) is 1.16. The Bertz CT molecular complexity index is 496. The molecule has 1 aliphatic heterocycles. The van der Waals surface area contributed by atoms with Gasteiger partial charge in [0.1, 0.15) is 5.82 Å². The lowest BCUT2D eigenvalue weighted by atomic mass is 10.3.